The highest BCUT2D eigenvalue weighted by Crippen LogP contribution is 2.40. The summed E-state index contributed by atoms with van der Waals surface area (Å²) in [5.74, 6) is -0.276. The lowest BCUT2D eigenvalue weighted by Gasteiger charge is -2.30. The van der Waals surface area contributed by atoms with Gasteiger partial charge in [0, 0.05) is 30.2 Å². The Balaban J connectivity index is 1.73. The predicted octanol–water partition coefficient (Wildman–Crippen LogP) is 2.78. The number of carbonyl (C=O) groups is 1. The maximum absolute atomic E-state index is 12.6. The molecule has 0 bridgehead atoms. The van der Waals surface area contributed by atoms with Gasteiger partial charge in [-0.15, -0.1) is 0 Å². The van der Waals surface area contributed by atoms with Gasteiger partial charge in [-0.3, -0.25) is 9.59 Å². The van der Waals surface area contributed by atoms with E-state index in [-0.39, 0.29) is 22.6 Å². The number of rotatable bonds is 7. The van der Waals surface area contributed by atoms with Crippen LogP contribution in [0, 0.1) is 0 Å². The molecule has 3 rings (SSSR count). The zero-order chi connectivity index (χ0) is 19.3. The van der Waals surface area contributed by atoms with E-state index in [1.807, 2.05) is 24.3 Å². The van der Waals surface area contributed by atoms with Crippen molar-refractivity contribution in [3.63, 3.8) is 0 Å². The van der Waals surface area contributed by atoms with Gasteiger partial charge in [0.25, 0.3) is 11.5 Å². The lowest BCUT2D eigenvalue weighted by molar-refractivity contribution is 0.0934. The van der Waals surface area contributed by atoms with Crippen LogP contribution < -0.4 is 10.9 Å². The van der Waals surface area contributed by atoms with Gasteiger partial charge in [0.05, 0.1) is 13.2 Å². The number of benzene rings is 1. The van der Waals surface area contributed by atoms with Crippen molar-refractivity contribution < 1.29 is 9.53 Å². The van der Waals surface area contributed by atoms with Gasteiger partial charge in [0.1, 0.15) is 5.69 Å². The van der Waals surface area contributed by atoms with Gasteiger partial charge in [-0.2, -0.15) is 5.10 Å². The third-order valence-corrected chi connectivity index (χ3v) is 5.46. The fourth-order valence-electron chi connectivity index (χ4n) is 3.67. The maximum Gasteiger partial charge on any atom is 0.271 e. The zero-order valence-corrected chi connectivity index (χ0v) is 16.2. The second-order valence-electron chi connectivity index (χ2n) is 6.95. The van der Waals surface area contributed by atoms with E-state index in [1.54, 1.807) is 7.11 Å². The Bertz CT molecular complexity index is 842. The second-order valence-corrected chi connectivity index (χ2v) is 7.39. The van der Waals surface area contributed by atoms with Crippen molar-refractivity contribution in [3.8, 4) is 0 Å². The van der Waals surface area contributed by atoms with Crippen LogP contribution in [0.2, 0.25) is 5.02 Å². The Morgan fingerprint density at radius 2 is 1.93 bits per heavy atom. The molecule has 1 saturated carbocycles. The highest BCUT2D eigenvalue weighted by molar-refractivity contribution is 6.30. The minimum atomic E-state index is -0.276. The Morgan fingerprint density at radius 3 is 2.59 bits per heavy atom. The third kappa shape index (κ3) is 4.57. The van der Waals surface area contributed by atoms with Crippen LogP contribution in [0.4, 0.5) is 0 Å². The molecule has 144 valence electrons. The number of hydrogen-bond donors (Lipinski definition) is 1. The van der Waals surface area contributed by atoms with Gasteiger partial charge in [-0.05, 0) is 36.6 Å². The summed E-state index contributed by atoms with van der Waals surface area (Å²) in [6.45, 7) is 1.20. The molecule has 0 saturated heterocycles. The topological polar surface area (TPSA) is 73.2 Å². The first kappa shape index (κ1) is 19.6. The van der Waals surface area contributed by atoms with E-state index in [4.69, 9.17) is 16.3 Å². The molecule has 1 fully saturated rings. The van der Waals surface area contributed by atoms with Gasteiger partial charge >= 0.3 is 0 Å². The molecule has 1 aliphatic carbocycles. The van der Waals surface area contributed by atoms with E-state index in [0.29, 0.717) is 24.7 Å². The maximum atomic E-state index is 12.6. The summed E-state index contributed by atoms with van der Waals surface area (Å²) in [5, 5.41) is 7.88. The van der Waals surface area contributed by atoms with Crippen molar-refractivity contribution in [2.24, 2.45) is 0 Å². The van der Waals surface area contributed by atoms with Gasteiger partial charge in [0.2, 0.25) is 0 Å². The summed E-state index contributed by atoms with van der Waals surface area (Å²) < 4.78 is 6.23. The summed E-state index contributed by atoms with van der Waals surface area (Å²) in [4.78, 5) is 24.5. The molecule has 0 radical (unpaired) electrons. The van der Waals surface area contributed by atoms with E-state index < -0.39 is 0 Å². The molecule has 7 heteroatoms. The monoisotopic (exact) mass is 389 g/mol. The number of aromatic nitrogens is 2. The van der Waals surface area contributed by atoms with E-state index in [9.17, 15) is 9.59 Å². The molecule has 1 aliphatic rings. The molecule has 2 aromatic rings. The van der Waals surface area contributed by atoms with E-state index in [1.165, 1.54) is 22.4 Å². The average molecular weight is 390 g/mol. The molecule has 1 aromatic carbocycles. The number of methoxy groups -OCH3 is 1. The number of carbonyl (C=O) groups excluding carboxylic acids is 1. The van der Waals surface area contributed by atoms with Crippen LogP contribution in [0.15, 0.2) is 41.2 Å². The number of hydrogen-bond acceptors (Lipinski definition) is 4. The Labute approximate surface area is 163 Å². The number of amides is 1. The highest BCUT2D eigenvalue weighted by Gasteiger charge is 2.36. The lowest BCUT2D eigenvalue weighted by Crippen LogP contribution is -2.40. The van der Waals surface area contributed by atoms with Crippen molar-refractivity contribution >= 4 is 17.5 Å². The van der Waals surface area contributed by atoms with Crippen molar-refractivity contribution in [1.29, 1.82) is 0 Å². The third-order valence-electron chi connectivity index (χ3n) is 5.21. The van der Waals surface area contributed by atoms with Crippen LogP contribution in [0.25, 0.3) is 0 Å². The summed E-state index contributed by atoms with van der Waals surface area (Å²) in [6.07, 6.45) is 4.32. The van der Waals surface area contributed by atoms with Crippen molar-refractivity contribution in [2.45, 2.75) is 37.6 Å². The van der Waals surface area contributed by atoms with Crippen LogP contribution in [0.5, 0.6) is 0 Å². The van der Waals surface area contributed by atoms with Crippen LogP contribution in [0.3, 0.4) is 0 Å². The van der Waals surface area contributed by atoms with E-state index in [2.05, 4.69) is 10.4 Å². The van der Waals surface area contributed by atoms with Gasteiger partial charge in [0.15, 0.2) is 0 Å². The number of nitrogens with one attached hydrogen (secondary N) is 1. The average Bonchev–Trinajstić information content (AvgIpc) is 3.16. The standard InChI is InChI=1S/C20H24ClN3O3/c1-27-13-12-24-18(25)9-8-17(23-24)19(26)22-14-20(10-2-3-11-20)15-4-6-16(21)7-5-15/h4-9H,2-3,10-14H2,1H3,(H,22,26). The lowest BCUT2D eigenvalue weighted by atomic mass is 9.79. The summed E-state index contributed by atoms with van der Waals surface area (Å²) in [7, 11) is 1.55. The summed E-state index contributed by atoms with van der Waals surface area (Å²) in [5.41, 5.74) is 1.10. The molecule has 1 N–H and O–H groups in total. The number of halogens is 1. The molecule has 0 spiro atoms. The molecule has 0 unspecified atom stereocenters. The van der Waals surface area contributed by atoms with Gasteiger partial charge in [-0.1, -0.05) is 36.6 Å². The summed E-state index contributed by atoms with van der Waals surface area (Å²) >= 11 is 6.02. The zero-order valence-electron chi connectivity index (χ0n) is 15.4. The Kier molecular flexibility index (Phi) is 6.29. The second kappa shape index (κ2) is 8.67. The van der Waals surface area contributed by atoms with Gasteiger partial charge < -0.3 is 10.1 Å². The van der Waals surface area contributed by atoms with Crippen molar-refractivity contribution in [1.82, 2.24) is 15.1 Å². The SMILES string of the molecule is COCCn1nc(C(=O)NCC2(c3ccc(Cl)cc3)CCCC2)ccc1=O. The quantitative estimate of drug-likeness (QED) is 0.790. The largest absolute Gasteiger partial charge is 0.383 e. The number of nitrogens with zero attached hydrogens (tertiary/aromatic N) is 2. The van der Waals surface area contributed by atoms with Gasteiger partial charge in [-0.25, -0.2) is 4.68 Å². The van der Waals surface area contributed by atoms with Crippen LogP contribution in [-0.2, 0) is 16.7 Å². The first-order valence-electron chi connectivity index (χ1n) is 9.15. The minimum absolute atomic E-state index is 0.0786. The Morgan fingerprint density at radius 1 is 1.22 bits per heavy atom. The fraction of sp³-hybridized carbons (Fsp3) is 0.450. The smallest absolute Gasteiger partial charge is 0.271 e. The summed E-state index contributed by atoms with van der Waals surface area (Å²) in [6, 6.07) is 10.7. The Hall–Kier alpha value is -2.18. The van der Waals surface area contributed by atoms with E-state index in [0.717, 1.165) is 25.7 Å². The minimum Gasteiger partial charge on any atom is -0.383 e. The van der Waals surface area contributed by atoms with Crippen LogP contribution >= 0.6 is 11.6 Å². The highest BCUT2D eigenvalue weighted by atomic mass is 35.5. The first-order chi connectivity index (χ1) is 13.0. The molecule has 27 heavy (non-hydrogen) atoms. The molecule has 1 amide bonds. The molecular weight excluding hydrogens is 366 g/mol. The molecule has 0 aliphatic heterocycles. The fourth-order valence-corrected chi connectivity index (χ4v) is 3.80. The number of ether oxygens (including phenoxy) is 1. The van der Waals surface area contributed by atoms with Crippen LogP contribution in [0.1, 0.15) is 41.7 Å². The molecule has 6 nitrogen and oxygen atoms in total. The first-order valence-corrected chi connectivity index (χ1v) is 9.53. The van der Waals surface area contributed by atoms with Crippen LogP contribution in [-0.4, -0.2) is 35.9 Å². The van der Waals surface area contributed by atoms with E-state index >= 15 is 0 Å². The molecular formula is C20H24ClN3O3. The normalized spacial score (nSPS) is 15.6. The molecule has 1 heterocycles. The molecule has 0 atom stereocenters. The molecule has 1 aromatic heterocycles. The van der Waals surface area contributed by atoms with Crippen molar-refractivity contribution in [3.05, 3.63) is 63.0 Å². The van der Waals surface area contributed by atoms with Crippen molar-refractivity contribution in [2.75, 3.05) is 20.3 Å². The predicted molar refractivity (Wildman–Crippen MR) is 104 cm³/mol.